The van der Waals surface area contributed by atoms with E-state index in [1.807, 2.05) is 0 Å². The van der Waals surface area contributed by atoms with Crippen molar-refractivity contribution in [3.63, 3.8) is 0 Å². The zero-order valence-corrected chi connectivity index (χ0v) is 16.5. The number of piperazine rings is 1. The Labute approximate surface area is 171 Å². The van der Waals surface area contributed by atoms with Gasteiger partial charge >= 0.3 is 6.18 Å². The fourth-order valence-corrected chi connectivity index (χ4v) is 4.80. The summed E-state index contributed by atoms with van der Waals surface area (Å²) in [5.41, 5.74) is -0.910. The zero-order valence-electron chi connectivity index (χ0n) is 15.7. The van der Waals surface area contributed by atoms with Crippen LogP contribution in [-0.2, 0) is 21.0 Å². The number of alkyl halides is 3. The molecule has 2 aromatic rings. The van der Waals surface area contributed by atoms with Crippen LogP contribution in [0.15, 0.2) is 53.4 Å². The van der Waals surface area contributed by atoms with Crippen molar-refractivity contribution in [1.29, 1.82) is 0 Å². The minimum Gasteiger partial charge on any atom is -0.325 e. The number of sulfonamides is 1. The van der Waals surface area contributed by atoms with Gasteiger partial charge in [-0.3, -0.25) is 9.69 Å². The van der Waals surface area contributed by atoms with Crippen molar-refractivity contribution in [1.82, 2.24) is 9.21 Å². The molecule has 0 bridgehead atoms. The van der Waals surface area contributed by atoms with Crippen molar-refractivity contribution in [2.24, 2.45) is 0 Å². The third-order valence-corrected chi connectivity index (χ3v) is 6.57. The van der Waals surface area contributed by atoms with Crippen molar-refractivity contribution in [2.45, 2.75) is 11.1 Å². The number of nitrogens with zero attached hydrogens (tertiary/aromatic N) is 2. The van der Waals surface area contributed by atoms with Crippen molar-refractivity contribution < 1.29 is 30.8 Å². The molecule has 11 heteroatoms. The Morgan fingerprint density at radius 1 is 1.00 bits per heavy atom. The molecule has 6 nitrogen and oxygen atoms in total. The lowest BCUT2D eigenvalue weighted by Crippen LogP contribution is -2.50. The number of hydrogen-bond donors (Lipinski definition) is 1. The van der Waals surface area contributed by atoms with E-state index >= 15 is 0 Å². The Hall–Kier alpha value is -2.50. The highest BCUT2D eigenvalue weighted by Crippen LogP contribution is 2.35. The molecule has 30 heavy (non-hydrogen) atoms. The molecule has 0 saturated carbocycles. The topological polar surface area (TPSA) is 69.7 Å². The molecule has 0 aliphatic carbocycles. The first-order chi connectivity index (χ1) is 14.1. The van der Waals surface area contributed by atoms with Gasteiger partial charge in [-0.2, -0.15) is 17.5 Å². The third kappa shape index (κ3) is 5.15. The summed E-state index contributed by atoms with van der Waals surface area (Å²) in [4.78, 5) is 13.0. The van der Waals surface area contributed by atoms with Crippen LogP contribution in [-0.4, -0.2) is 56.3 Å². The second-order valence-corrected chi connectivity index (χ2v) is 8.64. The maximum absolute atomic E-state index is 13.2. The third-order valence-electron chi connectivity index (χ3n) is 4.62. The summed E-state index contributed by atoms with van der Waals surface area (Å²) in [5, 5.41) is 2.54. The molecule has 0 atom stereocenters. The second kappa shape index (κ2) is 8.70. The van der Waals surface area contributed by atoms with Crippen LogP contribution >= 0.6 is 0 Å². The zero-order chi connectivity index (χ0) is 21.9. The highest BCUT2D eigenvalue weighted by atomic mass is 32.2. The summed E-state index contributed by atoms with van der Waals surface area (Å²) in [6.07, 6.45) is -4.79. The number of hydrogen-bond acceptors (Lipinski definition) is 4. The van der Waals surface area contributed by atoms with E-state index in [9.17, 15) is 30.8 Å². The number of anilines is 1. The second-order valence-electron chi connectivity index (χ2n) is 6.73. The van der Waals surface area contributed by atoms with Crippen LogP contribution in [0.3, 0.4) is 0 Å². The Bertz CT molecular complexity index is 1020. The number of rotatable bonds is 5. The predicted octanol–water partition coefficient (Wildman–Crippen LogP) is 2.79. The number of amides is 1. The van der Waals surface area contributed by atoms with Crippen LogP contribution < -0.4 is 5.32 Å². The first-order valence-corrected chi connectivity index (χ1v) is 10.5. The van der Waals surface area contributed by atoms with Crippen LogP contribution in [0.25, 0.3) is 0 Å². The first-order valence-electron chi connectivity index (χ1n) is 9.01. The molecular weight excluding hydrogens is 426 g/mol. The minimum atomic E-state index is -4.79. The Morgan fingerprint density at radius 3 is 2.30 bits per heavy atom. The van der Waals surface area contributed by atoms with Gasteiger partial charge in [0.2, 0.25) is 15.9 Å². The number of nitrogens with one attached hydrogen (secondary N) is 1. The highest BCUT2D eigenvalue weighted by Gasteiger charge is 2.39. The SMILES string of the molecule is O=C(CN1CCN(S(=O)(=O)c2ccccc2C(F)(F)F)CC1)Nc1cccc(F)c1. The van der Waals surface area contributed by atoms with Gasteiger partial charge in [0.05, 0.1) is 17.0 Å². The summed E-state index contributed by atoms with van der Waals surface area (Å²) in [6, 6.07) is 9.45. The molecule has 1 aliphatic rings. The molecule has 1 amide bonds. The summed E-state index contributed by atoms with van der Waals surface area (Å²) < 4.78 is 79.3. The van der Waals surface area contributed by atoms with E-state index in [0.29, 0.717) is 5.69 Å². The maximum Gasteiger partial charge on any atom is 0.417 e. The Morgan fingerprint density at radius 2 is 1.67 bits per heavy atom. The van der Waals surface area contributed by atoms with E-state index in [2.05, 4.69) is 5.32 Å². The summed E-state index contributed by atoms with van der Waals surface area (Å²) in [6.45, 7) is 0.182. The fraction of sp³-hybridized carbons (Fsp3) is 0.316. The molecule has 1 fully saturated rings. The summed E-state index contributed by atoms with van der Waals surface area (Å²) >= 11 is 0. The number of carbonyl (C=O) groups excluding carboxylic acids is 1. The monoisotopic (exact) mass is 445 g/mol. The number of halogens is 4. The average molecular weight is 445 g/mol. The van der Waals surface area contributed by atoms with Gasteiger partial charge in [0, 0.05) is 31.9 Å². The molecule has 3 rings (SSSR count). The molecule has 1 aliphatic heterocycles. The largest absolute Gasteiger partial charge is 0.417 e. The minimum absolute atomic E-state index is 0.0520. The Kier molecular flexibility index (Phi) is 6.44. The van der Waals surface area contributed by atoms with E-state index in [0.717, 1.165) is 22.5 Å². The molecule has 1 heterocycles. The molecule has 1 saturated heterocycles. The maximum atomic E-state index is 13.2. The normalized spacial score (nSPS) is 16.4. The number of carbonyl (C=O) groups is 1. The van der Waals surface area contributed by atoms with Gasteiger partial charge in [-0.05, 0) is 30.3 Å². The fourth-order valence-electron chi connectivity index (χ4n) is 3.16. The molecule has 0 aromatic heterocycles. The van der Waals surface area contributed by atoms with E-state index in [1.54, 1.807) is 4.90 Å². The van der Waals surface area contributed by atoms with E-state index < -0.39 is 38.4 Å². The quantitative estimate of drug-likeness (QED) is 0.719. The van der Waals surface area contributed by atoms with Gasteiger partial charge in [0.1, 0.15) is 5.82 Å². The van der Waals surface area contributed by atoms with Crippen LogP contribution in [0.5, 0.6) is 0 Å². The molecule has 0 radical (unpaired) electrons. The highest BCUT2D eigenvalue weighted by molar-refractivity contribution is 7.89. The van der Waals surface area contributed by atoms with Gasteiger partial charge in [-0.25, -0.2) is 12.8 Å². The van der Waals surface area contributed by atoms with Crippen molar-refractivity contribution >= 4 is 21.6 Å². The van der Waals surface area contributed by atoms with Gasteiger partial charge in [0.15, 0.2) is 0 Å². The lowest BCUT2D eigenvalue weighted by Gasteiger charge is -2.34. The summed E-state index contributed by atoms with van der Waals surface area (Å²) in [7, 11) is -4.34. The average Bonchev–Trinajstić information content (AvgIpc) is 2.67. The lowest BCUT2D eigenvalue weighted by atomic mass is 10.2. The van der Waals surface area contributed by atoms with E-state index in [4.69, 9.17) is 0 Å². The van der Waals surface area contributed by atoms with Gasteiger partial charge in [-0.15, -0.1) is 0 Å². The molecular formula is C19H19F4N3O3S. The van der Waals surface area contributed by atoms with Crippen LogP contribution in [0, 0.1) is 5.82 Å². The predicted molar refractivity (Wildman–Crippen MR) is 102 cm³/mol. The van der Waals surface area contributed by atoms with Crippen molar-refractivity contribution in [3.8, 4) is 0 Å². The summed E-state index contributed by atoms with van der Waals surface area (Å²) in [5.74, 6) is -0.898. The number of benzene rings is 2. The van der Waals surface area contributed by atoms with E-state index in [1.165, 1.54) is 30.3 Å². The van der Waals surface area contributed by atoms with Crippen LogP contribution in [0.4, 0.5) is 23.2 Å². The van der Waals surface area contributed by atoms with E-state index in [-0.39, 0.29) is 32.7 Å². The molecule has 162 valence electrons. The standard InChI is InChI=1S/C19H19F4N3O3S/c20-14-4-3-5-15(12-14)24-18(27)13-25-8-10-26(11-9-25)30(28,29)17-7-2-1-6-16(17)19(21,22)23/h1-7,12H,8-11,13H2,(H,24,27). The van der Waals surface area contributed by atoms with Crippen molar-refractivity contribution in [2.75, 3.05) is 38.0 Å². The van der Waals surface area contributed by atoms with Gasteiger partial charge in [0.25, 0.3) is 0 Å². The van der Waals surface area contributed by atoms with Crippen LogP contribution in [0.1, 0.15) is 5.56 Å². The lowest BCUT2D eigenvalue weighted by molar-refractivity contribution is -0.140. The Balaban J connectivity index is 1.62. The molecule has 2 aromatic carbocycles. The molecule has 1 N–H and O–H groups in total. The van der Waals surface area contributed by atoms with Crippen LogP contribution in [0.2, 0.25) is 0 Å². The molecule has 0 spiro atoms. The first kappa shape index (κ1) is 22.2. The van der Waals surface area contributed by atoms with Gasteiger partial charge < -0.3 is 5.32 Å². The molecule has 0 unspecified atom stereocenters. The smallest absolute Gasteiger partial charge is 0.325 e. The van der Waals surface area contributed by atoms with Gasteiger partial charge in [-0.1, -0.05) is 18.2 Å². The van der Waals surface area contributed by atoms with Crippen molar-refractivity contribution in [3.05, 3.63) is 59.9 Å².